The van der Waals surface area contributed by atoms with E-state index in [1.807, 2.05) is 30.3 Å². The zero-order chi connectivity index (χ0) is 15.1. The predicted molar refractivity (Wildman–Crippen MR) is 91.2 cm³/mol. The normalized spacial score (nSPS) is 11.9. The number of anilines is 2. The van der Waals surface area contributed by atoms with Gasteiger partial charge < -0.3 is 10.1 Å². The first-order valence-corrected chi connectivity index (χ1v) is 7.47. The molecule has 2 nitrogen and oxygen atoms in total. The van der Waals surface area contributed by atoms with Crippen molar-refractivity contribution in [3.63, 3.8) is 0 Å². The zero-order valence-corrected chi connectivity index (χ0v) is 12.7. The van der Waals surface area contributed by atoms with Crippen LogP contribution in [0, 0.1) is 13.8 Å². The molecule has 0 spiro atoms. The largest absolute Gasteiger partial charge is 0.453 e. The Balaban J connectivity index is 1.89. The van der Waals surface area contributed by atoms with Crippen molar-refractivity contribution in [3.8, 4) is 22.6 Å². The molecular weight excluding hydrogens is 270 g/mol. The van der Waals surface area contributed by atoms with E-state index >= 15 is 0 Å². The number of benzene rings is 3. The number of rotatable bonds is 1. The summed E-state index contributed by atoms with van der Waals surface area (Å²) in [4.78, 5) is 0. The van der Waals surface area contributed by atoms with E-state index in [2.05, 4.69) is 49.5 Å². The second kappa shape index (κ2) is 4.92. The minimum atomic E-state index is 0.869. The Bertz CT molecular complexity index is 850. The molecule has 2 heteroatoms. The monoisotopic (exact) mass is 287 g/mol. The van der Waals surface area contributed by atoms with Crippen molar-refractivity contribution in [3.05, 3.63) is 71.8 Å². The van der Waals surface area contributed by atoms with Crippen LogP contribution in [-0.2, 0) is 0 Å². The van der Waals surface area contributed by atoms with Crippen LogP contribution in [0.1, 0.15) is 11.1 Å². The van der Waals surface area contributed by atoms with Gasteiger partial charge in [0.05, 0.1) is 11.4 Å². The third-order valence-corrected chi connectivity index (χ3v) is 4.08. The first-order valence-electron chi connectivity index (χ1n) is 7.47. The van der Waals surface area contributed by atoms with E-state index in [0.717, 1.165) is 22.9 Å². The van der Waals surface area contributed by atoms with Crippen LogP contribution < -0.4 is 10.1 Å². The Morgan fingerprint density at radius 1 is 0.773 bits per heavy atom. The van der Waals surface area contributed by atoms with Crippen molar-refractivity contribution >= 4 is 11.4 Å². The van der Waals surface area contributed by atoms with Gasteiger partial charge in [0.25, 0.3) is 0 Å². The van der Waals surface area contributed by atoms with Crippen molar-refractivity contribution in [1.29, 1.82) is 0 Å². The summed E-state index contributed by atoms with van der Waals surface area (Å²) in [5, 5.41) is 3.54. The van der Waals surface area contributed by atoms with Crippen molar-refractivity contribution < 1.29 is 4.74 Å². The second-order valence-corrected chi connectivity index (χ2v) is 5.72. The molecule has 4 rings (SSSR count). The molecule has 0 atom stereocenters. The van der Waals surface area contributed by atoms with Crippen LogP contribution in [0.15, 0.2) is 60.7 Å². The highest BCUT2D eigenvalue weighted by molar-refractivity contribution is 5.90. The molecule has 0 aromatic heterocycles. The molecule has 1 aliphatic heterocycles. The molecule has 108 valence electrons. The molecule has 0 saturated heterocycles. The molecule has 1 N–H and O–H groups in total. The molecule has 3 aromatic carbocycles. The summed E-state index contributed by atoms with van der Waals surface area (Å²) in [6, 6.07) is 20.8. The van der Waals surface area contributed by atoms with Gasteiger partial charge in [0.1, 0.15) is 0 Å². The maximum Gasteiger partial charge on any atom is 0.151 e. The van der Waals surface area contributed by atoms with Gasteiger partial charge in [-0.2, -0.15) is 0 Å². The van der Waals surface area contributed by atoms with Crippen LogP contribution in [0.4, 0.5) is 11.4 Å². The summed E-state index contributed by atoms with van der Waals surface area (Å²) in [5.74, 6) is 1.74. The van der Waals surface area contributed by atoms with Crippen molar-refractivity contribution in [1.82, 2.24) is 0 Å². The third kappa shape index (κ3) is 2.04. The van der Waals surface area contributed by atoms with Crippen LogP contribution in [0.25, 0.3) is 11.1 Å². The number of aryl methyl sites for hydroxylation is 2. The number of ether oxygens (including phenoxy) is 1. The van der Waals surface area contributed by atoms with E-state index in [9.17, 15) is 0 Å². The highest BCUT2D eigenvalue weighted by Crippen LogP contribution is 2.47. The van der Waals surface area contributed by atoms with Gasteiger partial charge in [0.15, 0.2) is 11.5 Å². The van der Waals surface area contributed by atoms with Gasteiger partial charge in [-0.25, -0.2) is 0 Å². The highest BCUT2D eigenvalue weighted by Gasteiger charge is 2.20. The van der Waals surface area contributed by atoms with E-state index in [1.54, 1.807) is 0 Å². The lowest BCUT2D eigenvalue weighted by molar-refractivity contribution is 0.481. The lowest BCUT2D eigenvalue weighted by Gasteiger charge is -2.25. The zero-order valence-electron chi connectivity index (χ0n) is 12.7. The topological polar surface area (TPSA) is 21.3 Å². The fourth-order valence-corrected chi connectivity index (χ4v) is 2.90. The van der Waals surface area contributed by atoms with Crippen LogP contribution in [0.5, 0.6) is 11.5 Å². The maximum absolute atomic E-state index is 6.06. The first-order chi connectivity index (χ1) is 10.7. The molecule has 0 saturated carbocycles. The van der Waals surface area contributed by atoms with E-state index < -0.39 is 0 Å². The summed E-state index contributed by atoms with van der Waals surface area (Å²) < 4.78 is 6.06. The van der Waals surface area contributed by atoms with Crippen LogP contribution >= 0.6 is 0 Å². The van der Waals surface area contributed by atoms with Crippen molar-refractivity contribution in [2.75, 3.05) is 5.32 Å². The van der Waals surface area contributed by atoms with Crippen molar-refractivity contribution in [2.24, 2.45) is 0 Å². The lowest BCUT2D eigenvalue weighted by atomic mass is 9.96. The Labute approximate surface area is 130 Å². The Morgan fingerprint density at radius 2 is 1.55 bits per heavy atom. The summed E-state index contributed by atoms with van der Waals surface area (Å²) in [6.45, 7) is 4.24. The second-order valence-electron chi connectivity index (χ2n) is 5.72. The summed E-state index contributed by atoms with van der Waals surface area (Å²) >= 11 is 0. The van der Waals surface area contributed by atoms with Gasteiger partial charge in [0, 0.05) is 5.56 Å². The number of hydrogen-bond donors (Lipinski definition) is 1. The molecule has 0 unspecified atom stereocenters. The molecule has 0 radical (unpaired) electrons. The van der Waals surface area contributed by atoms with E-state index in [0.29, 0.717) is 0 Å². The third-order valence-electron chi connectivity index (χ3n) is 4.08. The summed E-state index contributed by atoms with van der Waals surface area (Å²) in [7, 11) is 0. The van der Waals surface area contributed by atoms with Gasteiger partial charge in [-0.1, -0.05) is 48.0 Å². The number of nitrogens with one attached hydrogen (secondary N) is 1. The lowest BCUT2D eigenvalue weighted by Crippen LogP contribution is -2.05. The number of hydrogen-bond acceptors (Lipinski definition) is 2. The van der Waals surface area contributed by atoms with Gasteiger partial charge in [-0.05, 0) is 43.2 Å². The van der Waals surface area contributed by atoms with Gasteiger partial charge in [-0.15, -0.1) is 0 Å². The first kappa shape index (κ1) is 13.0. The Hall–Kier alpha value is -2.74. The average Bonchev–Trinajstić information content (AvgIpc) is 2.54. The Kier molecular flexibility index (Phi) is 2.90. The summed E-state index contributed by atoms with van der Waals surface area (Å²) in [5.41, 5.74) is 6.96. The quantitative estimate of drug-likeness (QED) is 0.476. The number of para-hydroxylation sites is 2. The standard InChI is InChI=1S/C20H17NO/c1-13-7-10-15(11-8-13)19-14(2)9-12-18-20(19)21-16-5-3-4-6-17(16)22-18/h3-12,21H,1-2H3. The minimum Gasteiger partial charge on any atom is -0.453 e. The molecule has 1 heterocycles. The molecular formula is C20H17NO. The SMILES string of the molecule is Cc1ccc(-c2c(C)ccc3c2Nc2ccccc2O3)cc1. The fourth-order valence-electron chi connectivity index (χ4n) is 2.90. The molecule has 3 aromatic rings. The van der Waals surface area contributed by atoms with E-state index in [1.165, 1.54) is 22.3 Å². The summed E-state index contributed by atoms with van der Waals surface area (Å²) in [6.07, 6.45) is 0. The van der Waals surface area contributed by atoms with Crippen LogP contribution in [0.2, 0.25) is 0 Å². The molecule has 1 aliphatic rings. The molecule has 0 bridgehead atoms. The highest BCUT2D eigenvalue weighted by atomic mass is 16.5. The van der Waals surface area contributed by atoms with Crippen LogP contribution in [-0.4, -0.2) is 0 Å². The maximum atomic E-state index is 6.06. The van der Waals surface area contributed by atoms with Gasteiger partial charge >= 0.3 is 0 Å². The predicted octanol–water partition coefficient (Wildman–Crippen LogP) is 5.82. The Morgan fingerprint density at radius 3 is 2.36 bits per heavy atom. The average molecular weight is 287 g/mol. The van der Waals surface area contributed by atoms with Gasteiger partial charge in [-0.3, -0.25) is 0 Å². The molecule has 22 heavy (non-hydrogen) atoms. The van der Waals surface area contributed by atoms with E-state index in [4.69, 9.17) is 4.74 Å². The van der Waals surface area contributed by atoms with Gasteiger partial charge in [0.2, 0.25) is 0 Å². The number of fused-ring (bicyclic) bond motifs is 2. The van der Waals surface area contributed by atoms with Crippen LogP contribution in [0.3, 0.4) is 0 Å². The molecule has 0 amide bonds. The minimum absolute atomic E-state index is 0.869. The molecule has 0 fully saturated rings. The fraction of sp³-hybridized carbons (Fsp3) is 0.100. The smallest absolute Gasteiger partial charge is 0.151 e. The van der Waals surface area contributed by atoms with E-state index in [-0.39, 0.29) is 0 Å². The van der Waals surface area contributed by atoms with Crippen molar-refractivity contribution in [2.45, 2.75) is 13.8 Å². The molecule has 0 aliphatic carbocycles.